The molecular formula is C35H49N3O7. The summed E-state index contributed by atoms with van der Waals surface area (Å²) in [7, 11) is 0. The molecule has 4 atom stereocenters. The number of ether oxygens (including phenoxy) is 3. The van der Waals surface area contributed by atoms with Crippen LogP contribution in [0, 0.1) is 0 Å². The lowest BCUT2D eigenvalue weighted by atomic mass is 9.99. The van der Waals surface area contributed by atoms with Crippen molar-refractivity contribution in [2.45, 2.75) is 109 Å². The summed E-state index contributed by atoms with van der Waals surface area (Å²) in [4.78, 5) is 38.6. The summed E-state index contributed by atoms with van der Waals surface area (Å²) in [5.74, 6) is -0.284. The van der Waals surface area contributed by atoms with E-state index in [4.69, 9.17) is 14.2 Å². The zero-order valence-corrected chi connectivity index (χ0v) is 27.1. The van der Waals surface area contributed by atoms with Gasteiger partial charge in [-0.2, -0.15) is 0 Å². The number of carbonyl (C=O) groups is 3. The standard InChI is InChI=1S/C35H49N3O7/c1-24(40)36-19-7-5-6-10-32(41)37-28-17-15-27(16-18-28)34-43-29(21-31(44-34)26-13-11-25(23-39)12-14-26)22-38-20-8-9-30(38)33(42)45-35(2,3)4/h11-18,29-31,34,39H,5-10,19-23H2,1-4H3,(H,36,40)(H,37,41)/t29-,30+,31+,34+/m1/s1. The van der Waals surface area contributed by atoms with Gasteiger partial charge >= 0.3 is 5.97 Å². The van der Waals surface area contributed by atoms with E-state index in [1.165, 1.54) is 6.92 Å². The molecule has 2 aromatic rings. The molecule has 0 spiro atoms. The Morgan fingerprint density at radius 1 is 0.978 bits per heavy atom. The summed E-state index contributed by atoms with van der Waals surface area (Å²) in [6.07, 6.45) is 4.10. The van der Waals surface area contributed by atoms with Crippen LogP contribution in [0.2, 0.25) is 0 Å². The molecule has 10 heteroatoms. The van der Waals surface area contributed by atoms with Crippen molar-refractivity contribution in [3.05, 3.63) is 65.2 Å². The first kappa shape index (κ1) is 34.6. The van der Waals surface area contributed by atoms with Crippen molar-refractivity contribution >= 4 is 23.5 Å². The van der Waals surface area contributed by atoms with Crippen molar-refractivity contribution in [2.24, 2.45) is 0 Å². The Labute approximate surface area is 266 Å². The SMILES string of the molecule is CC(=O)NCCCCCC(=O)Nc1ccc([C@H]2O[C@@H](CN3CCC[C@H]3C(=O)OC(C)(C)C)C[C@@H](c3ccc(CO)cc3)O2)cc1. The Hall–Kier alpha value is -3.31. The highest BCUT2D eigenvalue weighted by molar-refractivity contribution is 5.90. The van der Waals surface area contributed by atoms with Crippen molar-refractivity contribution in [1.29, 1.82) is 0 Å². The molecule has 4 rings (SSSR count). The topological polar surface area (TPSA) is 126 Å². The van der Waals surface area contributed by atoms with Gasteiger partial charge < -0.3 is 30.0 Å². The normalized spacial score (nSPS) is 22.2. The number of carbonyl (C=O) groups excluding carboxylic acids is 3. The predicted octanol–water partition coefficient (Wildman–Crippen LogP) is 5.17. The number of nitrogens with zero attached hydrogens (tertiary/aromatic N) is 1. The third-order valence-corrected chi connectivity index (χ3v) is 8.02. The van der Waals surface area contributed by atoms with E-state index in [1.807, 2.05) is 69.3 Å². The molecule has 3 N–H and O–H groups in total. The third-order valence-electron chi connectivity index (χ3n) is 8.02. The van der Waals surface area contributed by atoms with Gasteiger partial charge in [-0.15, -0.1) is 0 Å². The summed E-state index contributed by atoms with van der Waals surface area (Å²) in [5, 5.41) is 15.2. The first-order chi connectivity index (χ1) is 21.5. The Morgan fingerprint density at radius 2 is 1.69 bits per heavy atom. The van der Waals surface area contributed by atoms with Gasteiger partial charge in [-0.1, -0.05) is 42.8 Å². The van der Waals surface area contributed by atoms with Crippen LogP contribution in [0.3, 0.4) is 0 Å². The highest BCUT2D eigenvalue weighted by atomic mass is 16.7. The molecule has 246 valence electrons. The van der Waals surface area contributed by atoms with E-state index in [0.29, 0.717) is 31.6 Å². The maximum atomic E-state index is 13.0. The zero-order chi connectivity index (χ0) is 32.4. The second kappa shape index (κ2) is 16.3. The van der Waals surface area contributed by atoms with Gasteiger partial charge in [0.1, 0.15) is 11.6 Å². The summed E-state index contributed by atoms with van der Waals surface area (Å²) in [6.45, 7) is 9.14. The van der Waals surface area contributed by atoms with Crippen molar-refractivity contribution in [2.75, 3.05) is 25.0 Å². The number of hydrogen-bond acceptors (Lipinski definition) is 8. The number of amides is 2. The van der Waals surface area contributed by atoms with Crippen LogP contribution in [-0.2, 0) is 35.2 Å². The molecule has 2 heterocycles. The molecule has 0 bridgehead atoms. The molecule has 2 aliphatic heterocycles. The van der Waals surface area contributed by atoms with E-state index in [-0.39, 0.29) is 42.6 Å². The highest BCUT2D eigenvalue weighted by Crippen LogP contribution is 2.39. The van der Waals surface area contributed by atoms with Gasteiger partial charge in [-0.25, -0.2) is 0 Å². The van der Waals surface area contributed by atoms with Crippen molar-refractivity contribution in [3.8, 4) is 0 Å². The zero-order valence-electron chi connectivity index (χ0n) is 27.1. The molecule has 2 amide bonds. The molecule has 2 saturated heterocycles. The van der Waals surface area contributed by atoms with Gasteiger partial charge in [-0.3, -0.25) is 19.3 Å². The van der Waals surface area contributed by atoms with Gasteiger partial charge in [0.2, 0.25) is 11.8 Å². The molecule has 2 aliphatic rings. The quantitative estimate of drug-likeness (QED) is 0.206. The van der Waals surface area contributed by atoms with Gasteiger partial charge in [0.25, 0.3) is 0 Å². The maximum absolute atomic E-state index is 13.0. The monoisotopic (exact) mass is 623 g/mol. The fourth-order valence-corrected chi connectivity index (χ4v) is 5.77. The maximum Gasteiger partial charge on any atom is 0.323 e. The number of hydrogen-bond donors (Lipinski definition) is 3. The van der Waals surface area contributed by atoms with Gasteiger partial charge in [0.05, 0.1) is 18.8 Å². The Bertz CT molecular complexity index is 1260. The minimum Gasteiger partial charge on any atom is -0.459 e. The molecule has 0 radical (unpaired) electrons. The molecule has 0 saturated carbocycles. The van der Waals surface area contributed by atoms with Crippen LogP contribution in [0.15, 0.2) is 48.5 Å². The first-order valence-electron chi connectivity index (χ1n) is 16.1. The van der Waals surface area contributed by atoms with Gasteiger partial charge in [0.15, 0.2) is 6.29 Å². The molecule has 2 aromatic carbocycles. The number of esters is 1. The molecule has 0 aliphatic carbocycles. The Balaban J connectivity index is 1.40. The largest absolute Gasteiger partial charge is 0.459 e. The highest BCUT2D eigenvalue weighted by Gasteiger charge is 2.38. The van der Waals surface area contributed by atoms with Crippen LogP contribution >= 0.6 is 0 Å². The summed E-state index contributed by atoms with van der Waals surface area (Å²) in [6, 6.07) is 15.0. The van der Waals surface area contributed by atoms with E-state index in [9.17, 15) is 19.5 Å². The average molecular weight is 624 g/mol. The average Bonchev–Trinajstić information content (AvgIpc) is 3.46. The van der Waals surface area contributed by atoms with Crippen LogP contribution in [0.5, 0.6) is 0 Å². The Kier molecular flexibility index (Phi) is 12.5. The molecule has 45 heavy (non-hydrogen) atoms. The van der Waals surface area contributed by atoms with E-state index < -0.39 is 11.9 Å². The minimum absolute atomic E-state index is 0.0251. The number of rotatable bonds is 13. The Morgan fingerprint density at radius 3 is 2.36 bits per heavy atom. The van der Waals surface area contributed by atoms with Gasteiger partial charge in [-0.05, 0) is 76.3 Å². The second-order valence-electron chi connectivity index (χ2n) is 13.0. The lowest BCUT2D eigenvalue weighted by Crippen LogP contribution is -2.45. The lowest BCUT2D eigenvalue weighted by molar-refractivity contribution is -0.253. The predicted molar refractivity (Wildman–Crippen MR) is 171 cm³/mol. The van der Waals surface area contributed by atoms with Crippen molar-refractivity contribution in [3.63, 3.8) is 0 Å². The number of aliphatic hydroxyl groups excluding tert-OH is 1. The number of unbranched alkanes of at least 4 members (excludes halogenated alkanes) is 2. The molecule has 2 fully saturated rings. The first-order valence-corrected chi connectivity index (χ1v) is 16.1. The number of anilines is 1. The lowest BCUT2D eigenvalue weighted by Gasteiger charge is -2.38. The fraction of sp³-hybridized carbons (Fsp3) is 0.571. The number of likely N-dealkylation sites (tertiary alicyclic amines) is 1. The van der Waals surface area contributed by atoms with Crippen LogP contribution in [-0.4, -0.2) is 65.2 Å². The number of aliphatic hydroxyl groups is 1. The van der Waals surface area contributed by atoms with E-state index in [1.54, 1.807) is 0 Å². The van der Waals surface area contributed by atoms with Crippen LogP contribution in [0.4, 0.5) is 5.69 Å². The molecule has 0 aromatic heterocycles. The number of nitrogens with one attached hydrogen (secondary N) is 2. The van der Waals surface area contributed by atoms with E-state index in [0.717, 1.165) is 55.3 Å². The fourth-order valence-electron chi connectivity index (χ4n) is 5.77. The summed E-state index contributed by atoms with van der Waals surface area (Å²) >= 11 is 0. The van der Waals surface area contributed by atoms with Crippen LogP contribution < -0.4 is 10.6 Å². The van der Waals surface area contributed by atoms with Gasteiger partial charge in [0, 0.05) is 44.1 Å². The second-order valence-corrected chi connectivity index (χ2v) is 13.0. The van der Waals surface area contributed by atoms with Crippen LogP contribution in [0.1, 0.15) is 102 Å². The van der Waals surface area contributed by atoms with E-state index in [2.05, 4.69) is 15.5 Å². The van der Waals surface area contributed by atoms with Crippen molar-refractivity contribution < 1.29 is 33.7 Å². The van der Waals surface area contributed by atoms with Crippen molar-refractivity contribution in [1.82, 2.24) is 10.2 Å². The summed E-state index contributed by atoms with van der Waals surface area (Å²) < 4.78 is 18.7. The molecular weight excluding hydrogens is 574 g/mol. The smallest absolute Gasteiger partial charge is 0.323 e. The molecule has 0 unspecified atom stereocenters. The summed E-state index contributed by atoms with van der Waals surface area (Å²) in [5.41, 5.74) is 2.81. The van der Waals surface area contributed by atoms with E-state index >= 15 is 0 Å². The number of benzene rings is 2. The minimum atomic E-state index is -0.637. The molecule has 10 nitrogen and oxygen atoms in total. The van der Waals surface area contributed by atoms with Crippen LogP contribution in [0.25, 0.3) is 0 Å². The third kappa shape index (κ3) is 10.9.